The quantitative estimate of drug-likeness (QED) is 0.0797. The lowest BCUT2D eigenvalue weighted by Gasteiger charge is -2.35. The Kier molecular flexibility index (Phi) is 11.3. The summed E-state index contributed by atoms with van der Waals surface area (Å²) in [5.74, 6) is 2.46. The highest BCUT2D eigenvalue weighted by atomic mass is 32.2. The molecule has 1 aliphatic rings. The first-order chi connectivity index (χ1) is 21.8. The van der Waals surface area contributed by atoms with Crippen LogP contribution in [0.3, 0.4) is 0 Å². The first-order valence-corrected chi connectivity index (χ1v) is 19.6. The Morgan fingerprint density at radius 3 is 1.09 bits per heavy atom. The molecule has 0 unspecified atom stereocenters. The molecule has 0 heterocycles. The predicted molar refractivity (Wildman–Crippen MR) is 201 cm³/mol. The molecule has 0 fully saturated rings. The van der Waals surface area contributed by atoms with Crippen LogP contribution in [0, 0.1) is 0 Å². The van der Waals surface area contributed by atoms with Gasteiger partial charge in [-0.15, -0.1) is 23.5 Å². The van der Waals surface area contributed by atoms with E-state index >= 15 is 0 Å². The smallest absolute Gasteiger partial charge is 0.0553 e. The van der Waals surface area contributed by atoms with Crippen molar-refractivity contribution in [3.8, 4) is 0 Å². The molecule has 1 aliphatic carbocycles. The molecule has 0 spiro atoms. The summed E-state index contributed by atoms with van der Waals surface area (Å²) in [5, 5.41) is 8.99. The van der Waals surface area contributed by atoms with Crippen molar-refractivity contribution in [2.75, 3.05) is 11.5 Å². The minimum atomic E-state index is 0.391. The van der Waals surface area contributed by atoms with E-state index in [1.165, 1.54) is 121 Å². The van der Waals surface area contributed by atoms with Crippen molar-refractivity contribution < 1.29 is 0 Å². The van der Waals surface area contributed by atoms with Gasteiger partial charge in [-0.2, -0.15) is 0 Å². The molecular weight excluding hydrogens is 569 g/mol. The van der Waals surface area contributed by atoms with Crippen LogP contribution in [0.4, 0.5) is 0 Å². The monoisotopic (exact) mass is 618 g/mol. The lowest BCUT2D eigenvalue weighted by molar-refractivity contribution is 0.626. The number of fused-ring (bicyclic) bond motifs is 5. The molecule has 44 heavy (non-hydrogen) atoms. The number of thioether (sulfide) groups is 2. The Bertz CT molecular complexity index is 1550. The molecule has 0 bridgehead atoms. The predicted octanol–water partition coefficient (Wildman–Crippen LogP) is 13.8. The van der Waals surface area contributed by atoms with Gasteiger partial charge in [-0.05, 0) is 115 Å². The van der Waals surface area contributed by atoms with Crippen molar-refractivity contribution in [2.24, 2.45) is 0 Å². The summed E-state index contributed by atoms with van der Waals surface area (Å²) in [6.07, 6.45) is 16.3. The van der Waals surface area contributed by atoms with Gasteiger partial charge in [0.05, 0.1) is 10.5 Å². The van der Waals surface area contributed by atoms with Gasteiger partial charge in [0.1, 0.15) is 0 Å². The molecule has 6 rings (SSSR count). The van der Waals surface area contributed by atoms with Gasteiger partial charge >= 0.3 is 0 Å². The van der Waals surface area contributed by atoms with Crippen molar-refractivity contribution in [3.05, 3.63) is 107 Å². The second-order valence-electron chi connectivity index (χ2n) is 12.9. The van der Waals surface area contributed by atoms with E-state index in [4.69, 9.17) is 0 Å². The van der Waals surface area contributed by atoms with Crippen molar-refractivity contribution >= 4 is 55.8 Å². The second kappa shape index (κ2) is 15.7. The van der Waals surface area contributed by atoms with Crippen LogP contribution >= 0.6 is 23.5 Å². The summed E-state index contributed by atoms with van der Waals surface area (Å²) >= 11 is 4.40. The second-order valence-corrected chi connectivity index (χ2v) is 15.3. The van der Waals surface area contributed by atoms with E-state index in [0.29, 0.717) is 10.5 Å². The van der Waals surface area contributed by atoms with Crippen LogP contribution < -0.4 is 0 Å². The first kappa shape index (κ1) is 31.6. The van der Waals surface area contributed by atoms with E-state index in [0.717, 1.165) is 0 Å². The van der Waals surface area contributed by atoms with E-state index in [9.17, 15) is 0 Å². The number of benzene rings is 5. The summed E-state index contributed by atoms with van der Waals surface area (Å²) in [6.45, 7) is 4.62. The van der Waals surface area contributed by atoms with Crippen LogP contribution in [0.2, 0.25) is 0 Å². The third-order valence-corrected chi connectivity index (χ3v) is 12.3. The number of hydrogen-bond acceptors (Lipinski definition) is 2. The first-order valence-electron chi connectivity index (χ1n) is 17.5. The highest BCUT2D eigenvalue weighted by Crippen LogP contribution is 2.54. The summed E-state index contributed by atoms with van der Waals surface area (Å²) in [7, 11) is 0. The van der Waals surface area contributed by atoms with Gasteiger partial charge in [-0.3, -0.25) is 0 Å². The topological polar surface area (TPSA) is 0 Å². The molecule has 0 amide bonds. The van der Waals surface area contributed by atoms with Gasteiger partial charge in [0.2, 0.25) is 0 Å². The summed E-state index contributed by atoms with van der Waals surface area (Å²) in [6, 6.07) is 33.0. The van der Waals surface area contributed by atoms with E-state index in [1.807, 2.05) is 0 Å². The van der Waals surface area contributed by atoms with Crippen molar-refractivity contribution in [1.82, 2.24) is 0 Å². The maximum Gasteiger partial charge on any atom is 0.0553 e. The molecule has 0 aromatic heterocycles. The Balaban J connectivity index is 1.37. The van der Waals surface area contributed by atoms with Gasteiger partial charge in [-0.1, -0.05) is 127 Å². The van der Waals surface area contributed by atoms with Crippen LogP contribution in [0.5, 0.6) is 0 Å². The molecule has 0 aliphatic heterocycles. The number of unbranched alkanes of at least 4 members (excludes halogenated alkanes) is 10. The van der Waals surface area contributed by atoms with Crippen LogP contribution in [0.15, 0.2) is 84.9 Å². The van der Waals surface area contributed by atoms with E-state index in [-0.39, 0.29) is 0 Å². The molecule has 0 saturated heterocycles. The van der Waals surface area contributed by atoms with Crippen LogP contribution in [0.25, 0.3) is 32.3 Å². The summed E-state index contributed by atoms with van der Waals surface area (Å²) in [5.41, 5.74) is 6.25. The SMILES string of the molecule is CCCCCCCCS[C@H]1c2cc3ccccc3cc2[C@H](SCCCCCCCC)c2cc3cc4ccccc4cc3cc21. The average molecular weight is 619 g/mol. The van der Waals surface area contributed by atoms with Crippen molar-refractivity contribution in [1.29, 1.82) is 0 Å². The molecule has 0 saturated carbocycles. The molecule has 5 aromatic rings. The molecule has 5 aromatic carbocycles. The molecule has 230 valence electrons. The zero-order valence-electron chi connectivity index (χ0n) is 27.0. The van der Waals surface area contributed by atoms with Crippen molar-refractivity contribution in [3.63, 3.8) is 0 Å². The molecule has 2 atom stereocenters. The Labute approximate surface area is 274 Å². The standard InChI is InChI=1S/C42H50S2/c1-3-5-7-9-11-17-23-43-41-37-27-33-21-15-16-22-34(33)28-38(37)42(44-24-18-12-10-8-6-4-2)40-30-36-26-32-20-14-13-19-31(32)25-35(36)29-39(40)41/h13-16,19-22,25-30,41-42H,3-12,17-18,23-24H2,1-2H3/t41-,42-/m0/s1. The fourth-order valence-electron chi connectivity index (χ4n) is 7.07. The van der Waals surface area contributed by atoms with Gasteiger partial charge in [0.25, 0.3) is 0 Å². The van der Waals surface area contributed by atoms with Crippen molar-refractivity contribution in [2.45, 2.75) is 101 Å². The fourth-order valence-corrected chi connectivity index (χ4v) is 9.82. The van der Waals surface area contributed by atoms with Gasteiger partial charge in [0, 0.05) is 0 Å². The highest BCUT2D eigenvalue weighted by molar-refractivity contribution is 8.00. The van der Waals surface area contributed by atoms with E-state index < -0.39 is 0 Å². The normalized spacial score (nSPS) is 16.0. The maximum absolute atomic E-state index is 2.58. The molecule has 2 heteroatoms. The Morgan fingerprint density at radius 1 is 0.386 bits per heavy atom. The third kappa shape index (κ3) is 7.34. The highest BCUT2D eigenvalue weighted by Gasteiger charge is 2.33. The van der Waals surface area contributed by atoms with Gasteiger partial charge < -0.3 is 0 Å². The third-order valence-electron chi connectivity index (χ3n) is 9.55. The van der Waals surface area contributed by atoms with Crippen LogP contribution in [-0.2, 0) is 0 Å². The van der Waals surface area contributed by atoms with Gasteiger partial charge in [0.15, 0.2) is 0 Å². The fraction of sp³-hybridized carbons (Fsp3) is 0.429. The zero-order valence-corrected chi connectivity index (χ0v) is 28.6. The summed E-state index contributed by atoms with van der Waals surface area (Å²) < 4.78 is 0. The molecule has 0 nitrogen and oxygen atoms in total. The van der Waals surface area contributed by atoms with E-state index in [2.05, 4.69) is 122 Å². The minimum absolute atomic E-state index is 0.391. The maximum atomic E-state index is 2.58. The lowest BCUT2D eigenvalue weighted by atomic mass is 9.82. The number of hydrogen-bond donors (Lipinski definition) is 0. The molecule has 0 N–H and O–H groups in total. The summed E-state index contributed by atoms with van der Waals surface area (Å²) in [4.78, 5) is 0. The molecular formula is C42H50S2. The largest absolute Gasteiger partial charge is 0.149 e. The zero-order chi connectivity index (χ0) is 30.1. The van der Waals surface area contributed by atoms with Crippen LogP contribution in [0.1, 0.15) is 124 Å². The number of rotatable bonds is 16. The van der Waals surface area contributed by atoms with Crippen LogP contribution in [-0.4, -0.2) is 11.5 Å². The Hall–Kier alpha value is -2.42. The Morgan fingerprint density at radius 2 is 0.705 bits per heavy atom. The van der Waals surface area contributed by atoms with Gasteiger partial charge in [-0.25, -0.2) is 0 Å². The molecule has 0 radical (unpaired) electrons. The lowest BCUT2D eigenvalue weighted by Crippen LogP contribution is -2.16. The van der Waals surface area contributed by atoms with E-state index in [1.54, 1.807) is 22.3 Å². The minimum Gasteiger partial charge on any atom is -0.149 e. The average Bonchev–Trinajstić information content (AvgIpc) is 3.05.